The zero-order valence-corrected chi connectivity index (χ0v) is 14.2. The second-order valence-corrected chi connectivity index (χ2v) is 6.24. The molecule has 6 nitrogen and oxygen atoms in total. The summed E-state index contributed by atoms with van der Waals surface area (Å²) >= 11 is 0. The fourth-order valence-corrected chi connectivity index (χ4v) is 3.05. The highest BCUT2D eigenvalue weighted by molar-refractivity contribution is 5.91. The monoisotopic (exact) mass is 337 g/mol. The minimum Gasteiger partial charge on any atom is -0.321 e. The molecule has 6 heteroatoms. The van der Waals surface area contributed by atoms with E-state index in [0.29, 0.717) is 13.0 Å². The van der Waals surface area contributed by atoms with Gasteiger partial charge in [-0.1, -0.05) is 18.2 Å². The number of pyridine rings is 1. The van der Waals surface area contributed by atoms with Crippen molar-refractivity contribution in [3.63, 3.8) is 0 Å². The highest BCUT2D eigenvalue weighted by atomic mass is 16.2. The first-order valence-electron chi connectivity index (χ1n) is 8.55. The highest BCUT2D eigenvalue weighted by Crippen LogP contribution is 2.09. The Morgan fingerprint density at radius 2 is 1.96 bits per heavy atom. The van der Waals surface area contributed by atoms with Crippen LogP contribution in [0.1, 0.15) is 5.56 Å². The maximum Gasteiger partial charge on any atom is 0.279 e. The summed E-state index contributed by atoms with van der Waals surface area (Å²) in [6.45, 7) is 4.23. The molecule has 0 saturated carbocycles. The predicted molar refractivity (Wildman–Crippen MR) is 95.2 cm³/mol. The molecule has 1 aromatic carbocycles. The number of benzene rings is 1. The smallest absolute Gasteiger partial charge is 0.279 e. The van der Waals surface area contributed by atoms with Gasteiger partial charge in [0.2, 0.25) is 0 Å². The predicted octanol–water partition coefficient (Wildman–Crippen LogP) is -0.0896. The van der Waals surface area contributed by atoms with Gasteiger partial charge in [-0.05, 0) is 23.8 Å². The fraction of sp³-hybridized carbons (Fsp3) is 0.316. The maximum atomic E-state index is 12.2. The van der Waals surface area contributed by atoms with Crippen LogP contribution >= 0.6 is 0 Å². The van der Waals surface area contributed by atoms with Crippen molar-refractivity contribution < 1.29 is 14.7 Å². The van der Waals surface area contributed by atoms with Crippen LogP contribution in [0.3, 0.4) is 0 Å². The lowest BCUT2D eigenvalue weighted by Gasteiger charge is -2.27. The van der Waals surface area contributed by atoms with Gasteiger partial charge < -0.3 is 10.2 Å². The van der Waals surface area contributed by atoms with Gasteiger partial charge in [0.1, 0.15) is 26.2 Å². The van der Waals surface area contributed by atoms with Gasteiger partial charge in [-0.15, -0.1) is 0 Å². The first kappa shape index (κ1) is 16.9. The molecule has 2 heterocycles. The number of H-pyrrole nitrogens is 1. The van der Waals surface area contributed by atoms with Gasteiger partial charge >= 0.3 is 0 Å². The Morgan fingerprint density at radius 3 is 2.60 bits per heavy atom. The second kappa shape index (κ2) is 8.27. The molecule has 0 spiro atoms. The number of amides is 1. The van der Waals surface area contributed by atoms with Crippen molar-refractivity contribution in [3.8, 4) is 6.07 Å². The quantitative estimate of drug-likeness (QED) is 0.801. The van der Waals surface area contributed by atoms with Crippen molar-refractivity contribution >= 4 is 17.4 Å². The standard InChI is InChI=1S/C19H21N5O/c20-9-8-16-4-6-17(7-5-16)22-19(25)15-23-11-13-24(14-12-23)18-3-1-2-10-21-18/h1-7,10H,8,11-15H2,(H,22,25)/p+2. The van der Waals surface area contributed by atoms with Crippen LogP contribution in [0.4, 0.5) is 11.5 Å². The minimum atomic E-state index is 0.0303. The molecule has 1 aromatic heterocycles. The van der Waals surface area contributed by atoms with Crippen LogP contribution in [0, 0.1) is 11.3 Å². The molecule has 3 N–H and O–H groups in total. The van der Waals surface area contributed by atoms with Crippen LogP contribution in [-0.2, 0) is 11.2 Å². The van der Waals surface area contributed by atoms with Gasteiger partial charge in [-0.2, -0.15) is 5.26 Å². The lowest BCUT2D eigenvalue weighted by Crippen LogP contribution is -3.15. The summed E-state index contributed by atoms with van der Waals surface area (Å²) in [7, 11) is 0. The third-order valence-electron chi connectivity index (χ3n) is 4.44. The van der Waals surface area contributed by atoms with E-state index >= 15 is 0 Å². The summed E-state index contributed by atoms with van der Waals surface area (Å²) in [6.07, 6.45) is 2.32. The molecule has 1 fully saturated rings. The van der Waals surface area contributed by atoms with E-state index in [2.05, 4.69) is 27.3 Å². The average Bonchev–Trinajstić information content (AvgIpc) is 2.65. The van der Waals surface area contributed by atoms with Gasteiger partial charge in [0.05, 0.1) is 18.7 Å². The van der Waals surface area contributed by atoms with Crippen molar-refractivity contribution in [1.29, 1.82) is 5.26 Å². The summed E-state index contributed by atoms with van der Waals surface area (Å²) < 4.78 is 0. The number of nitrogens with one attached hydrogen (secondary N) is 3. The summed E-state index contributed by atoms with van der Waals surface area (Å²) in [5, 5.41) is 11.6. The van der Waals surface area contributed by atoms with Crippen molar-refractivity contribution in [2.45, 2.75) is 6.42 Å². The molecule has 0 radical (unpaired) electrons. The number of nitrogens with zero attached hydrogens (tertiary/aromatic N) is 2. The first-order valence-corrected chi connectivity index (χ1v) is 8.55. The largest absolute Gasteiger partial charge is 0.321 e. The molecule has 3 rings (SSSR count). The number of hydrogen-bond acceptors (Lipinski definition) is 3. The van der Waals surface area contributed by atoms with Gasteiger partial charge in [0.25, 0.3) is 11.7 Å². The number of aromatic amines is 1. The number of aromatic nitrogens is 1. The molecule has 25 heavy (non-hydrogen) atoms. The molecular formula is C19H23N5O+2. The summed E-state index contributed by atoms with van der Waals surface area (Å²) in [4.78, 5) is 19.1. The SMILES string of the molecule is N#CCc1ccc(NC(=O)C[NH+]2CCN(c3cccc[nH+]3)CC2)cc1. The van der Waals surface area contributed by atoms with Crippen LogP contribution < -0.4 is 20.1 Å². The topological polar surface area (TPSA) is 74.7 Å². The van der Waals surface area contributed by atoms with Crippen molar-refractivity contribution in [2.24, 2.45) is 0 Å². The molecule has 1 aliphatic rings. The number of piperazine rings is 1. The van der Waals surface area contributed by atoms with Crippen molar-refractivity contribution in [2.75, 3.05) is 42.9 Å². The zero-order valence-electron chi connectivity index (χ0n) is 14.2. The van der Waals surface area contributed by atoms with Crippen LogP contribution in [0.15, 0.2) is 48.7 Å². The number of quaternary nitrogens is 1. The summed E-state index contributed by atoms with van der Waals surface area (Å²) in [5.74, 6) is 1.16. The van der Waals surface area contributed by atoms with Crippen molar-refractivity contribution in [3.05, 3.63) is 54.2 Å². The lowest BCUT2D eigenvalue weighted by molar-refractivity contribution is -0.892. The van der Waals surface area contributed by atoms with Gasteiger partial charge in [0.15, 0.2) is 6.54 Å². The van der Waals surface area contributed by atoms with E-state index < -0.39 is 0 Å². The number of carbonyl (C=O) groups is 1. The molecule has 0 atom stereocenters. The zero-order chi connectivity index (χ0) is 17.5. The van der Waals surface area contributed by atoms with Crippen LogP contribution in [-0.4, -0.2) is 38.6 Å². The van der Waals surface area contributed by atoms with E-state index in [1.54, 1.807) is 0 Å². The molecule has 1 saturated heterocycles. The molecule has 1 amide bonds. The van der Waals surface area contributed by atoms with E-state index in [9.17, 15) is 4.79 Å². The van der Waals surface area contributed by atoms with Gasteiger partial charge in [-0.3, -0.25) is 9.69 Å². The molecule has 0 bridgehead atoms. The lowest BCUT2D eigenvalue weighted by atomic mass is 10.1. The Morgan fingerprint density at radius 1 is 1.20 bits per heavy atom. The third-order valence-corrected chi connectivity index (χ3v) is 4.44. The Kier molecular flexibility index (Phi) is 5.60. The maximum absolute atomic E-state index is 12.2. The Bertz CT molecular complexity index is 731. The Hall–Kier alpha value is -2.91. The van der Waals surface area contributed by atoms with E-state index in [1.807, 2.05) is 42.6 Å². The van der Waals surface area contributed by atoms with Crippen LogP contribution in [0.5, 0.6) is 0 Å². The van der Waals surface area contributed by atoms with E-state index in [-0.39, 0.29) is 5.91 Å². The molecule has 0 unspecified atom stereocenters. The number of anilines is 2. The van der Waals surface area contributed by atoms with Gasteiger partial charge in [-0.25, -0.2) is 4.98 Å². The third kappa shape index (κ3) is 4.78. The molecule has 128 valence electrons. The minimum absolute atomic E-state index is 0.0303. The van der Waals surface area contributed by atoms with E-state index in [1.165, 1.54) is 4.90 Å². The molecule has 0 aliphatic carbocycles. The number of hydrogen-bond donors (Lipinski definition) is 2. The highest BCUT2D eigenvalue weighted by Gasteiger charge is 2.27. The molecular weight excluding hydrogens is 314 g/mol. The number of carbonyl (C=O) groups excluding carboxylic acids is 1. The van der Waals surface area contributed by atoms with Crippen LogP contribution in [0.25, 0.3) is 0 Å². The number of nitriles is 1. The normalized spacial score (nSPS) is 14.8. The summed E-state index contributed by atoms with van der Waals surface area (Å²) in [6, 6.07) is 15.6. The fourth-order valence-electron chi connectivity index (χ4n) is 3.05. The van der Waals surface area contributed by atoms with E-state index in [4.69, 9.17) is 5.26 Å². The Balaban J connectivity index is 1.45. The van der Waals surface area contributed by atoms with E-state index in [0.717, 1.165) is 43.2 Å². The van der Waals surface area contributed by atoms with Crippen LogP contribution in [0.2, 0.25) is 0 Å². The first-order chi connectivity index (χ1) is 12.2. The summed E-state index contributed by atoms with van der Waals surface area (Å²) in [5.41, 5.74) is 1.74. The number of rotatable bonds is 5. The van der Waals surface area contributed by atoms with Gasteiger partial charge in [0, 0.05) is 11.8 Å². The average molecular weight is 337 g/mol. The molecule has 1 aliphatic heterocycles. The second-order valence-electron chi connectivity index (χ2n) is 6.24. The Labute approximate surface area is 147 Å². The van der Waals surface area contributed by atoms with Crippen molar-refractivity contribution in [1.82, 2.24) is 0 Å². The molecule has 2 aromatic rings.